The molecule has 1 unspecified atom stereocenters. The summed E-state index contributed by atoms with van der Waals surface area (Å²) in [6, 6.07) is 8.38. The van der Waals surface area contributed by atoms with E-state index < -0.39 is 23.2 Å². The lowest BCUT2D eigenvalue weighted by molar-refractivity contribution is -0.120. The van der Waals surface area contributed by atoms with Crippen LogP contribution < -0.4 is 17.0 Å². The molecule has 3 N–H and O–H groups in total. The fourth-order valence-electron chi connectivity index (χ4n) is 2.34. The lowest BCUT2D eigenvalue weighted by Gasteiger charge is -2.10. The van der Waals surface area contributed by atoms with Gasteiger partial charge in [-0.05, 0) is 12.5 Å². The van der Waals surface area contributed by atoms with E-state index in [1.807, 2.05) is 35.7 Å². The number of hydrogen-bond acceptors (Lipinski definition) is 4. The van der Waals surface area contributed by atoms with Crippen molar-refractivity contribution < 1.29 is 4.79 Å². The minimum atomic E-state index is -1.01. The molecule has 22 heavy (non-hydrogen) atoms. The summed E-state index contributed by atoms with van der Waals surface area (Å²) in [6.45, 7) is 1.43. The number of hydrogen-bond donors (Lipinski definition) is 2. The minimum absolute atomic E-state index is 0.393. The highest BCUT2D eigenvalue weighted by Crippen LogP contribution is 2.30. The summed E-state index contributed by atoms with van der Waals surface area (Å²) in [5.74, 6) is -0.733. The molecule has 1 amide bonds. The number of aromatic nitrogens is 2. The second-order valence-electron chi connectivity index (χ2n) is 4.90. The van der Waals surface area contributed by atoms with Gasteiger partial charge in [-0.3, -0.25) is 14.6 Å². The maximum Gasteiger partial charge on any atom is 0.330 e. The van der Waals surface area contributed by atoms with Crippen molar-refractivity contribution in [2.75, 3.05) is 0 Å². The number of benzene rings is 1. The lowest BCUT2D eigenvalue weighted by atomic mass is 10.1. The molecule has 2 heterocycles. The Morgan fingerprint density at radius 3 is 2.59 bits per heavy atom. The van der Waals surface area contributed by atoms with E-state index in [9.17, 15) is 14.4 Å². The number of aromatic amines is 1. The van der Waals surface area contributed by atoms with E-state index in [0.29, 0.717) is 10.2 Å². The van der Waals surface area contributed by atoms with E-state index in [2.05, 4.69) is 4.98 Å². The van der Waals surface area contributed by atoms with Crippen molar-refractivity contribution in [1.82, 2.24) is 9.55 Å². The largest absolute Gasteiger partial charge is 0.368 e. The third-order valence-corrected chi connectivity index (χ3v) is 4.44. The number of fused-ring (bicyclic) bond motifs is 1. The summed E-state index contributed by atoms with van der Waals surface area (Å²) in [5.41, 5.74) is 5.68. The fraction of sp³-hybridized carbons (Fsp3) is 0.133. The summed E-state index contributed by atoms with van der Waals surface area (Å²) in [7, 11) is 0. The maximum atomic E-state index is 12.7. The van der Waals surface area contributed by atoms with Gasteiger partial charge in [-0.2, -0.15) is 0 Å². The van der Waals surface area contributed by atoms with E-state index in [1.54, 1.807) is 0 Å². The Bertz CT molecular complexity index is 969. The smallest absolute Gasteiger partial charge is 0.330 e. The Kier molecular flexibility index (Phi) is 3.42. The molecule has 0 aliphatic carbocycles. The Hall–Kier alpha value is -2.67. The molecule has 6 nitrogen and oxygen atoms in total. The van der Waals surface area contributed by atoms with Crippen molar-refractivity contribution in [2.24, 2.45) is 5.73 Å². The van der Waals surface area contributed by atoms with Gasteiger partial charge in [-0.1, -0.05) is 30.3 Å². The molecule has 0 saturated carbocycles. The zero-order valence-electron chi connectivity index (χ0n) is 11.7. The van der Waals surface area contributed by atoms with Crippen molar-refractivity contribution in [1.29, 1.82) is 0 Å². The van der Waals surface area contributed by atoms with Gasteiger partial charge in [-0.15, -0.1) is 11.3 Å². The average molecular weight is 315 g/mol. The standard InChI is InChI=1S/C15H13N3O3S/c1-8(12(16)19)18-14(20)11-10(9-5-3-2-4-6-9)7-22-13(11)17-15(18)21/h2-8H,1H3,(H2,16,19)(H,17,21). The number of carbonyl (C=O) groups is 1. The fourth-order valence-corrected chi connectivity index (χ4v) is 3.29. The second kappa shape index (κ2) is 5.27. The molecular formula is C15H13N3O3S. The third-order valence-electron chi connectivity index (χ3n) is 3.55. The molecular weight excluding hydrogens is 302 g/mol. The molecule has 1 aromatic carbocycles. The number of nitrogens with one attached hydrogen (secondary N) is 1. The molecule has 0 bridgehead atoms. The molecule has 1 atom stereocenters. The number of H-pyrrole nitrogens is 1. The predicted octanol–water partition coefficient (Wildman–Crippen LogP) is 1.46. The van der Waals surface area contributed by atoms with Gasteiger partial charge in [0.2, 0.25) is 5.91 Å². The Morgan fingerprint density at radius 1 is 1.27 bits per heavy atom. The van der Waals surface area contributed by atoms with Gasteiger partial charge >= 0.3 is 5.69 Å². The van der Waals surface area contributed by atoms with E-state index in [-0.39, 0.29) is 0 Å². The highest BCUT2D eigenvalue weighted by atomic mass is 32.1. The summed E-state index contributed by atoms with van der Waals surface area (Å²) in [5, 5.41) is 2.21. The van der Waals surface area contributed by atoms with Crippen LogP contribution >= 0.6 is 11.3 Å². The molecule has 0 aliphatic heterocycles. The highest BCUT2D eigenvalue weighted by Gasteiger charge is 2.20. The first-order valence-electron chi connectivity index (χ1n) is 6.61. The summed E-state index contributed by atoms with van der Waals surface area (Å²) >= 11 is 1.28. The van der Waals surface area contributed by atoms with Crippen LogP contribution in [0.3, 0.4) is 0 Å². The van der Waals surface area contributed by atoms with Crippen LogP contribution in [0.4, 0.5) is 0 Å². The average Bonchev–Trinajstić information content (AvgIpc) is 2.91. The van der Waals surface area contributed by atoms with Crippen LogP contribution in [0, 0.1) is 0 Å². The van der Waals surface area contributed by atoms with Gasteiger partial charge in [0, 0.05) is 10.9 Å². The highest BCUT2D eigenvalue weighted by molar-refractivity contribution is 7.17. The molecule has 7 heteroatoms. The van der Waals surface area contributed by atoms with Crippen LogP contribution in [0.25, 0.3) is 21.3 Å². The van der Waals surface area contributed by atoms with Gasteiger partial charge in [0.05, 0.1) is 5.39 Å². The molecule has 0 fully saturated rings. The molecule has 0 saturated heterocycles. The predicted molar refractivity (Wildman–Crippen MR) is 86.0 cm³/mol. The molecule has 112 valence electrons. The zero-order chi connectivity index (χ0) is 15.9. The van der Waals surface area contributed by atoms with Crippen molar-refractivity contribution in [3.63, 3.8) is 0 Å². The van der Waals surface area contributed by atoms with Crippen molar-refractivity contribution in [3.05, 3.63) is 56.5 Å². The van der Waals surface area contributed by atoms with Gasteiger partial charge < -0.3 is 5.73 Å². The number of carbonyl (C=O) groups excluding carboxylic acids is 1. The first kappa shape index (κ1) is 14.3. The summed E-state index contributed by atoms with van der Waals surface area (Å²) < 4.78 is 0.865. The van der Waals surface area contributed by atoms with Crippen LogP contribution in [0.1, 0.15) is 13.0 Å². The zero-order valence-corrected chi connectivity index (χ0v) is 12.5. The number of nitrogens with two attached hydrogens (primary N) is 1. The van der Waals surface area contributed by atoms with Gasteiger partial charge in [0.25, 0.3) is 5.56 Å². The van der Waals surface area contributed by atoms with Gasteiger partial charge in [0.15, 0.2) is 0 Å². The Labute approximate surface area is 128 Å². The van der Waals surface area contributed by atoms with E-state index in [1.165, 1.54) is 18.3 Å². The molecule has 0 aliphatic rings. The minimum Gasteiger partial charge on any atom is -0.368 e. The molecule has 0 spiro atoms. The van der Waals surface area contributed by atoms with Crippen LogP contribution in [0.5, 0.6) is 0 Å². The van der Waals surface area contributed by atoms with Crippen molar-refractivity contribution in [3.8, 4) is 11.1 Å². The first-order valence-corrected chi connectivity index (χ1v) is 7.49. The molecule has 2 aromatic heterocycles. The first-order chi connectivity index (χ1) is 10.5. The van der Waals surface area contributed by atoms with Crippen LogP contribution in [-0.4, -0.2) is 15.5 Å². The van der Waals surface area contributed by atoms with Gasteiger partial charge in [-0.25, -0.2) is 9.36 Å². The molecule has 0 radical (unpaired) electrons. The quantitative estimate of drug-likeness (QED) is 0.765. The lowest BCUT2D eigenvalue weighted by Crippen LogP contribution is -2.41. The van der Waals surface area contributed by atoms with Crippen LogP contribution in [0.2, 0.25) is 0 Å². The number of thiophene rings is 1. The van der Waals surface area contributed by atoms with Crippen LogP contribution in [0.15, 0.2) is 45.3 Å². The number of nitrogens with zero attached hydrogens (tertiary/aromatic N) is 1. The monoisotopic (exact) mass is 315 g/mol. The van der Waals surface area contributed by atoms with Crippen molar-refractivity contribution in [2.45, 2.75) is 13.0 Å². The van der Waals surface area contributed by atoms with Crippen LogP contribution in [-0.2, 0) is 4.79 Å². The summed E-state index contributed by atoms with van der Waals surface area (Å²) in [6.07, 6.45) is 0. The van der Waals surface area contributed by atoms with Gasteiger partial charge in [0.1, 0.15) is 10.9 Å². The third kappa shape index (κ3) is 2.15. The van der Waals surface area contributed by atoms with E-state index in [0.717, 1.165) is 15.7 Å². The molecule has 3 rings (SSSR count). The Morgan fingerprint density at radius 2 is 1.95 bits per heavy atom. The number of amides is 1. The normalized spacial score (nSPS) is 12.4. The SMILES string of the molecule is CC(C(N)=O)n1c(=O)[nH]c2scc(-c3ccccc3)c2c1=O. The maximum absolute atomic E-state index is 12.7. The van der Waals surface area contributed by atoms with E-state index in [4.69, 9.17) is 5.73 Å². The number of primary amides is 1. The second-order valence-corrected chi connectivity index (χ2v) is 5.78. The molecule has 3 aromatic rings. The number of rotatable bonds is 3. The topological polar surface area (TPSA) is 97.9 Å². The van der Waals surface area contributed by atoms with Crippen molar-refractivity contribution >= 4 is 27.5 Å². The van der Waals surface area contributed by atoms with E-state index >= 15 is 0 Å². The Balaban J connectivity index is 2.37. The summed E-state index contributed by atoms with van der Waals surface area (Å²) in [4.78, 5) is 39.2.